The van der Waals surface area contributed by atoms with Crippen molar-refractivity contribution >= 4 is 11.9 Å². The van der Waals surface area contributed by atoms with Crippen molar-refractivity contribution in [3.8, 4) is 0 Å². The van der Waals surface area contributed by atoms with Crippen LogP contribution >= 0.6 is 0 Å². The van der Waals surface area contributed by atoms with Gasteiger partial charge in [0.05, 0.1) is 6.61 Å². The van der Waals surface area contributed by atoms with E-state index < -0.39 is 24.1 Å². The summed E-state index contributed by atoms with van der Waals surface area (Å²) in [5, 5.41) is 8.31. The quantitative estimate of drug-likeness (QED) is 0.440. The zero-order chi connectivity index (χ0) is 8.43. The first-order valence-corrected chi connectivity index (χ1v) is 3.21. The molecule has 0 amide bonds. The van der Waals surface area contributed by atoms with Crippen LogP contribution < -0.4 is 0 Å². The zero-order valence-corrected chi connectivity index (χ0v) is 5.94. The first-order valence-electron chi connectivity index (χ1n) is 3.21. The zero-order valence-electron chi connectivity index (χ0n) is 5.94. The van der Waals surface area contributed by atoms with Gasteiger partial charge < -0.3 is 14.6 Å². The molecule has 0 radical (unpaired) electrons. The van der Waals surface area contributed by atoms with E-state index >= 15 is 0 Å². The Balaban J connectivity index is 2.32. The van der Waals surface area contributed by atoms with Crippen LogP contribution in [0.2, 0.25) is 0 Å². The van der Waals surface area contributed by atoms with E-state index in [1.165, 1.54) is 0 Å². The van der Waals surface area contributed by atoms with E-state index in [0.29, 0.717) is 0 Å². The molecule has 11 heavy (non-hydrogen) atoms. The fraction of sp³-hybridized carbons (Fsp3) is 0.667. The van der Waals surface area contributed by atoms with Gasteiger partial charge in [0.1, 0.15) is 0 Å². The monoisotopic (exact) mass is 160 g/mol. The van der Waals surface area contributed by atoms with Crippen molar-refractivity contribution in [2.45, 2.75) is 19.1 Å². The molecule has 1 heterocycles. The number of carboxylic acids is 1. The second-order valence-electron chi connectivity index (χ2n) is 2.07. The van der Waals surface area contributed by atoms with Crippen molar-refractivity contribution in [2.75, 3.05) is 6.61 Å². The molecule has 5 nitrogen and oxygen atoms in total. The van der Waals surface area contributed by atoms with Gasteiger partial charge in [-0.15, -0.1) is 0 Å². The average Bonchev–Trinajstić information content (AvgIpc) is 2.65. The van der Waals surface area contributed by atoms with Crippen LogP contribution in [0.15, 0.2) is 0 Å². The molecule has 0 aromatic heterocycles. The van der Waals surface area contributed by atoms with Gasteiger partial charge in [-0.25, -0.2) is 9.59 Å². The van der Waals surface area contributed by atoms with Crippen LogP contribution in [0, 0.1) is 0 Å². The Morgan fingerprint density at radius 2 is 2.18 bits per heavy atom. The summed E-state index contributed by atoms with van der Waals surface area (Å²) in [5.41, 5.74) is 0. The van der Waals surface area contributed by atoms with Gasteiger partial charge in [-0.05, 0) is 6.92 Å². The fourth-order valence-electron chi connectivity index (χ4n) is 0.704. The van der Waals surface area contributed by atoms with E-state index in [9.17, 15) is 9.59 Å². The van der Waals surface area contributed by atoms with Crippen molar-refractivity contribution < 1.29 is 24.2 Å². The van der Waals surface area contributed by atoms with Gasteiger partial charge in [-0.1, -0.05) is 0 Å². The molecule has 1 fully saturated rings. The minimum Gasteiger partial charge on any atom is -0.479 e. The predicted octanol–water partition coefficient (Wildman–Crippen LogP) is -0.599. The highest BCUT2D eigenvalue weighted by molar-refractivity contribution is 5.88. The van der Waals surface area contributed by atoms with Crippen LogP contribution in [-0.2, 0) is 19.1 Å². The number of hydrogen-bond acceptors (Lipinski definition) is 4. The van der Waals surface area contributed by atoms with Crippen LogP contribution in [0.3, 0.4) is 0 Å². The molecule has 0 bridgehead atoms. The molecule has 1 saturated heterocycles. The molecule has 1 rings (SSSR count). The topological polar surface area (TPSA) is 76.1 Å². The third-order valence-electron chi connectivity index (χ3n) is 1.25. The lowest BCUT2D eigenvalue weighted by atomic mass is 10.3. The van der Waals surface area contributed by atoms with Gasteiger partial charge in [-0.3, -0.25) is 0 Å². The number of epoxide rings is 1. The molecule has 5 heteroatoms. The number of carbonyl (C=O) groups excluding carboxylic acids is 1. The molecule has 1 aliphatic heterocycles. The van der Waals surface area contributed by atoms with Crippen molar-refractivity contribution in [3.63, 3.8) is 0 Å². The van der Waals surface area contributed by atoms with Crippen molar-refractivity contribution in [1.29, 1.82) is 0 Å². The van der Waals surface area contributed by atoms with Gasteiger partial charge in [-0.2, -0.15) is 0 Å². The molecule has 1 unspecified atom stereocenters. The number of ether oxygens (including phenoxy) is 2. The Morgan fingerprint density at radius 1 is 1.55 bits per heavy atom. The lowest BCUT2D eigenvalue weighted by Crippen LogP contribution is -2.17. The Morgan fingerprint density at radius 3 is 2.55 bits per heavy atom. The highest BCUT2D eigenvalue weighted by Crippen LogP contribution is 2.23. The van der Waals surface area contributed by atoms with Gasteiger partial charge >= 0.3 is 11.9 Å². The molecule has 62 valence electrons. The minimum atomic E-state index is -1.12. The second-order valence-corrected chi connectivity index (χ2v) is 2.07. The standard InChI is InChI=1S/C6H8O5/c1-2-10-6(9)4-3(11-4)5(7)8/h3-4H,2H2,1H3,(H,7,8)/t3-,4?/m0/s1. The summed E-state index contributed by atoms with van der Waals surface area (Å²) in [7, 11) is 0. The lowest BCUT2D eigenvalue weighted by Gasteiger charge is -1.94. The molecule has 0 spiro atoms. The maximum Gasteiger partial charge on any atom is 0.338 e. The van der Waals surface area contributed by atoms with E-state index in [4.69, 9.17) is 5.11 Å². The molecule has 1 aliphatic rings. The van der Waals surface area contributed by atoms with Gasteiger partial charge in [0.15, 0.2) is 12.2 Å². The SMILES string of the molecule is CCOC(=O)C1O[C@@H]1C(=O)O. The first kappa shape index (κ1) is 8.00. The van der Waals surface area contributed by atoms with Crippen molar-refractivity contribution in [1.82, 2.24) is 0 Å². The number of carbonyl (C=O) groups is 2. The van der Waals surface area contributed by atoms with E-state index in [0.717, 1.165) is 0 Å². The van der Waals surface area contributed by atoms with Gasteiger partial charge in [0.25, 0.3) is 0 Å². The second kappa shape index (κ2) is 2.87. The van der Waals surface area contributed by atoms with E-state index in [-0.39, 0.29) is 6.61 Å². The molecule has 0 aliphatic carbocycles. The van der Waals surface area contributed by atoms with Crippen LogP contribution in [0.5, 0.6) is 0 Å². The summed E-state index contributed by atoms with van der Waals surface area (Å²) in [6.07, 6.45) is -1.87. The molecule has 2 atom stereocenters. The third-order valence-corrected chi connectivity index (χ3v) is 1.25. The Hall–Kier alpha value is -1.10. The Labute approximate surface area is 62.9 Å². The predicted molar refractivity (Wildman–Crippen MR) is 32.9 cm³/mol. The highest BCUT2D eigenvalue weighted by atomic mass is 16.7. The van der Waals surface area contributed by atoms with Crippen LogP contribution in [-0.4, -0.2) is 35.9 Å². The van der Waals surface area contributed by atoms with E-state index in [1.807, 2.05) is 0 Å². The van der Waals surface area contributed by atoms with Crippen LogP contribution in [0.4, 0.5) is 0 Å². The summed E-state index contributed by atoms with van der Waals surface area (Å²) in [6, 6.07) is 0. The molecule has 0 aromatic rings. The van der Waals surface area contributed by atoms with Gasteiger partial charge in [0, 0.05) is 0 Å². The van der Waals surface area contributed by atoms with Gasteiger partial charge in [0.2, 0.25) is 0 Å². The third kappa shape index (κ3) is 1.68. The summed E-state index contributed by atoms with van der Waals surface area (Å²) >= 11 is 0. The summed E-state index contributed by atoms with van der Waals surface area (Å²) in [6.45, 7) is 1.89. The lowest BCUT2D eigenvalue weighted by molar-refractivity contribution is -0.145. The minimum absolute atomic E-state index is 0.241. The molecule has 0 aromatic carbocycles. The number of esters is 1. The number of carboxylic acid groups (broad SMARTS) is 1. The van der Waals surface area contributed by atoms with Crippen molar-refractivity contribution in [2.24, 2.45) is 0 Å². The first-order chi connectivity index (χ1) is 5.16. The molecule has 0 saturated carbocycles. The average molecular weight is 160 g/mol. The highest BCUT2D eigenvalue weighted by Gasteiger charge is 2.51. The van der Waals surface area contributed by atoms with Crippen molar-refractivity contribution in [3.05, 3.63) is 0 Å². The van der Waals surface area contributed by atoms with E-state index in [2.05, 4.69) is 9.47 Å². The smallest absolute Gasteiger partial charge is 0.338 e. The summed E-state index contributed by atoms with van der Waals surface area (Å²) < 4.78 is 9.04. The normalized spacial score (nSPS) is 27.7. The van der Waals surface area contributed by atoms with Crippen LogP contribution in [0.1, 0.15) is 6.92 Å². The maximum atomic E-state index is 10.7. The molecular formula is C6H8O5. The molecular weight excluding hydrogens is 152 g/mol. The Kier molecular flexibility index (Phi) is 2.09. The molecule has 1 N–H and O–H groups in total. The number of aliphatic carboxylic acids is 1. The fourth-order valence-corrected chi connectivity index (χ4v) is 0.704. The Bertz CT molecular complexity index is 187. The number of rotatable bonds is 3. The largest absolute Gasteiger partial charge is 0.479 e. The summed E-state index contributed by atoms with van der Waals surface area (Å²) in [4.78, 5) is 20.9. The number of hydrogen-bond donors (Lipinski definition) is 1. The maximum absolute atomic E-state index is 10.7. The van der Waals surface area contributed by atoms with Crippen LogP contribution in [0.25, 0.3) is 0 Å². The summed E-state index contributed by atoms with van der Waals surface area (Å²) in [5.74, 6) is -1.72. The van der Waals surface area contributed by atoms with E-state index in [1.54, 1.807) is 6.92 Å².